The van der Waals surface area contributed by atoms with Gasteiger partial charge >= 0.3 is 0 Å². The van der Waals surface area contributed by atoms with Crippen LogP contribution in [-0.2, 0) is 6.54 Å². The van der Waals surface area contributed by atoms with Crippen LogP contribution in [0.1, 0.15) is 46.6 Å². The van der Waals surface area contributed by atoms with Crippen LogP contribution < -0.4 is 14.8 Å². The molecule has 0 heterocycles. The third-order valence-corrected chi connectivity index (χ3v) is 3.60. The highest BCUT2D eigenvalue weighted by molar-refractivity contribution is 9.10. The summed E-state index contributed by atoms with van der Waals surface area (Å²) in [4.78, 5) is 0. The van der Waals surface area contributed by atoms with Crippen molar-refractivity contribution in [3.63, 3.8) is 0 Å². The van der Waals surface area contributed by atoms with Crippen molar-refractivity contribution in [3.05, 3.63) is 22.2 Å². The summed E-state index contributed by atoms with van der Waals surface area (Å²) in [5.74, 6) is 1.55. The molecule has 1 aromatic carbocycles. The highest BCUT2D eigenvalue weighted by atomic mass is 79.9. The summed E-state index contributed by atoms with van der Waals surface area (Å²) in [6.07, 6.45) is 1.13. The molecule has 0 aliphatic carbocycles. The van der Waals surface area contributed by atoms with E-state index >= 15 is 0 Å². The van der Waals surface area contributed by atoms with Gasteiger partial charge in [0.2, 0.25) is 0 Å². The van der Waals surface area contributed by atoms with E-state index in [1.165, 1.54) is 5.56 Å². The zero-order chi connectivity index (χ0) is 15.3. The molecule has 1 aromatic rings. The van der Waals surface area contributed by atoms with Gasteiger partial charge in [0.05, 0.1) is 17.7 Å². The van der Waals surface area contributed by atoms with Gasteiger partial charge in [-0.25, -0.2) is 0 Å². The van der Waals surface area contributed by atoms with Gasteiger partial charge in [0.15, 0.2) is 11.5 Å². The third-order valence-electron chi connectivity index (χ3n) is 3.01. The molecule has 1 N–H and O–H groups in total. The minimum absolute atomic E-state index is 0.0889. The van der Waals surface area contributed by atoms with E-state index in [0.29, 0.717) is 0 Å². The van der Waals surface area contributed by atoms with E-state index in [4.69, 9.17) is 9.47 Å². The van der Waals surface area contributed by atoms with E-state index < -0.39 is 0 Å². The van der Waals surface area contributed by atoms with Gasteiger partial charge in [-0.2, -0.15) is 0 Å². The summed E-state index contributed by atoms with van der Waals surface area (Å²) < 4.78 is 12.3. The molecule has 0 aromatic heterocycles. The summed E-state index contributed by atoms with van der Waals surface area (Å²) in [5.41, 5.74) is 1.26. The summed E-state index contributed by atoms with van der Waals surface area (Å²) in [6.45, 7) is 11.4. The average Bonchev–Trinajstić information content (AvgIpc) is 2.37. The van der Waals surface area contributed by atoms with Crippen LogP contribution in [0.25, 0.3) is 0 Å². The molecule has 0 aliphatic heterocycles. The van der Waals surface area contributed by atoms with E-state index in [9.17, 15) is 0 Å². The molecule has 1 unspecified atom stereocenters. The van der Waals surface area contributed by atoms with Crippen LogP contribution in [0.15, 0.2) is 16.6 Å². The van der Waals surface area contributed by atoms with E-state index in [0.717, 1.165) is 28.9 Å². The zero-order valence-electron chi connectivity index (χ0n) is 13.3. The molecule has 0 aliphatic rings. The molecule has 4 heteroatoms. The Hall–Kier alpha value is -0.740. The standard InChI is InChI=1S/C16H26BrNO2/c1-7-11(2)20-15-13(17)8-12(9-14(15)19-6)10-18-16(3,4)5/h8-9,11,18H,7,10H2,1-6H3. The molecular formula is C16H26BrNO2. The van der Waals surface area contributed by atoms with Gasteiger partial charge in [-0.1, -0.05) is 6.92 Å². The molecule has 1 rings (SSSR count). The number of methoxy groups -OCH3 is 1. The van der Waals surface area contributed by atoms with Crippen molar-refractivity contribution in [1.82, 2.24) is 5.32 Å². The molecule has 20 heavy (non-hydrogen) atoms. The first-order valence-electron chi connectivity index (χ1n) is 7.05. The van der Waals surface area contributed by atoms with Crippen molar-refractivity contribution < 1.29 is 9.47 Å². The van der Waals surface area contributed by atoms with Crippen molar-refractivity contribution in [3.8, 4) is 11.5 Å². The largest absolute Gasteiger partial charge is 0.493 e. The number of halogens is 1. The van der Waals surface area contributed by atoms with E-state index in [2.05, 4.69) is 61.9 Å². The number of nitrogens with one attached hydrogen (secondary N) is 1. The fourth-order valence-corrected chi connectivity index (χ4v) is 2.22. The normalized spacial score (nSPS) is 13.2. The lowest BCUT2D eigenvalue weighted by atomic mass is 10.1. The SMILES string of the molecule is CCC(C)Oc1c(Br)cc(CNC(C)(C)C)cc1OC. The van der Waals surface area contributed by atoms with Gasteiger partial charge in [0, 0.05) is 12.1 Å². The second kappa shape index (κ2) is 7.32. The van der Waals surface area contributed by atoms with E-state index in [1.807, 2.05) is 6.07 Å². The third kappa shape index (κ3) is 5.33. The number of rotatable bonds is 6. The van der Waals surface area contributed by atoms with Gasteiger partial charge in [-0.15, -0.1) is 0 Å². The minimum Gasteiger partial charge on any atom is -0.493 e. The molecule has 0 amide bonds. The van der Waals surface area contributed by atoms with E-state index in [1.54, 1.807) is 7.11 Å². The average molecular weight is 344 g/mol. The Morgan fingerprint density at radius 3 is 2.45 bits per heavy atom. The number of ether oxygens (including phenoxy) is 2. The van der Waals surface area contributed by atoms with Crippen LogP contribution in [0, 0.1) is 0 Å². The Morgan fingerprint density at radius 1 is 1.30 bits per heavy atom. The fraction of sp³-hybridized carbons (Fsp3) is 0.625. The molecule has 3 nitrogen and oxygen atoms in total. The Bertz CT molecular complexity index is 441. The Labute approximate surface area is 131 Å². The second-order valence-corrected chi connectivity index (χ2v) is 6.90. The quantitative estimate of drug-likeness (QED) is 0.823. The topological polar surface area (TPSA) is 30.5 Å². The van der Waals surface area contributed by atoms with Crippen molar-refractivity contribution >= 4 is 15.9 Å². The molecular weight excluding hydrogens is 318 g/mol. The maximum atomic E-state index is 5.92. The summed E-state index contributed by atoms with van der Waals surface area (Å²) in [7, 11) is 1.67. The lowest BCUT2D eigenvalue weighted by molar-refractivity contribution is 0.206. The van der Waals surface area contributed by atoms with Crippen LogP contribution in [0.4, 0.5) is 0 Å². The fourth-order valence-electron chi connectivity index (χ4n) is 1.64. The van der Waals surface area contributed by atoms with Crippen molar-refractivity contribution in [1.29, 1.82) is 0 Å². The number of hydrogen-bond donors (Lipinski definition) is 1. The van der Waals surface area contributed by atoms with Crippen LogP contribution in [0.5, 0.6) is 11.5 Å². The minimum atomic E-state index is 0.0889. The monoisotopic (exact) mass is 343 g/mol. The molecule has 0 saturated heterocycles. The van der Waals surface area contributed by atoms with Gasteiger partial charge in [-0.05, 0) is 67.7 Å². The summed E-state index contributed by atoms with van der Waals surface area (Å²) >= 11 is 3.58. The maximum Gasteiger partial charge on any atom is 0.175 e. The lowest BCUT2D eigenvalue weighted by Gasteiger charge is -2.22. The molecule has 0 fully saturated rings. The number of benzene rings is 1. The molecule has 0 bridgehead atoms. The Kier molecular flexibility index (Phi) is 6.34. The van der Waals surface area contributed by atoms with Crippen LogP contribution in [0.2, 0.25) is 0 Å². The van der Waals surface area contributed by atoms with E-state index in [-0.39, 0.29) is 11.6 Å². The van der Waals surface area contributed by atoms with Gasteiger partial charge < -0.3 is 14.8 Å². The zero-order valence-corrected chi connectivity index (χ0v) is 14.9. The predicted molar refractivity (Wildman–Crippen MR) is 87.7 cm³/mol. The van der Waals surface area contributed by atoms with Crippen LogP contribution in [0.3, 0.4) is 0 Å². The number of hydrogen-bond acceptors (Lipinski definition) is 3. The molecule has 1 atom stereocenters. The summed E-state index contributed by atoms with van der Waals surface area (Å²) in [5, 5.41) is 3.47. The summed E-state index contributed by atoms with van der Waals surface area (Å²) in [6, 6.07) is 4.11. The van der Waals surface area contributed by atoms with Gasteiger partial charge in [0.1, 0.15) is 0 Å². The van der Waals surface area contributed by atoms with Crippen molar-refractivity contribution in [2.45, 2.75) is 59.2 Å². The Morgan fingerprint density at radius 2 is 1.95 bits per heavy atom. The highest BCUT2D eigenvalue weighted by Crippen LogP contribution is 2.37. The van der Waals surface area contributed by atoms with Crippen LogP contribution in [-0.4, -0.2) is 18.8 Å². The Balaban J connectivity index is 2.95. The first-order valence-corrected chi connectivity index (χ1v) is 7.84. The molecule has 114 valence electrons. The second-order valence-electron chi connectivity index (χ2n) is 6.05. The maximum absolute atomic E-state index is 5.92. The first kappa shape index (κ1) is 17.3. The molecule has 0 saturated carbocycles. The van der Waals surface area contributed by atoms with Gasteiger partial charge in [-0.3, -0.25) is 0 Å². The van der Waals surface area contributed by atoms with Crippen molar-refractivity contribution in [2.24, 2.45) is 0 Å². The molecule has 0 spiro atoms. The highest BCUT2D eigenvalue weighted by Gasteiger charge is 2.15. The first-order chi connectivity index (χ1) is 9.26. The van der Waals surface area contributed by atoms with Crippen molar-refractivity contribution in [2.75, 3.05) is 7.11 Å². The van der Waals surface area contributed by atoms with Crippen LogP contribution >= 0.6 is 15.9 Å². The van der Waals surface area contributed by atoms with Gasteiger partial charge in [0.25, 0.3) is 0 Å². The predicted octanol–water partition coefficient (Wildman–Crippen LogP) is 4.52. The lowest BCUT2D eigenvalue weighted by Crippen LogP contribution is -2.35. The molecule has 0 radical (unpaired) electrons. The smallest absolute Gasteiger partial charge is 0.175 e.